The molecule has 1 aromatic rings. The zero-order valence-corrected chi connectivity index (χ0v) is 41.5. The van der Waals surface area contributed by atoms with Gasteiger partial charge in [-0.2, -0.15) is 0 Å². The molecule has 1 aliphatic heterocycles. The third-order valence-electron chi connectivity index (χ3n) is 10.5. The van der Waals surface area contributed by atoms with Gasteiger partial charge in [-0.25, -0.2) is 4.79 Å². The summed E-state index contributed by atoms with van der Waals surface area (Å²) >= 11 is 1.74. The molecule has 2 rings (SSSR count). The lowest BCUT2D eigenvalue weighted by atomic mass is 10.0. The summed E-state index contributed by atoms with van der Waals surface area (Å²) in [6, 6.07) is 0. The standard InChI is InChI=1S/C18H34O.C18H32O.C15H24N2O2S.C2H6/c2*1-2-3-4-5-6-7-8-9-10-11-12-13-14-15-16-17-18-19;1-11-14(15(18)19-9-5-7-16(2)3)12-6-8-17(4)10-13(12)20-11;1-2/h9-10,18H,2-8,11-17H2,1H3;6-7,9-10,18H,2-5,8,11-17H2,1H3;5-10H2,1-4H3;1-2H3/b10-9-;7-6-,10-9-;;. The maximum Gasteiger partial charge on any atom is 0.339 e. The summed E-state index contributed by atoms with van der Waals surface area (Å²) in [6.45, 7) is 14.0. The minimum absolute atomic E-state index is 0.136. The lowest BCUT2D eigenvalue weighted by Gasteiger charge is -2.22. The van der Waals surface area contributed by atoms with E-state index in [0.717, 1.165) is 87.6 Å². The Morgan fingerprint density at radius 1 is 0.633 bits per heavy atom. The van der Waals surface area contributed by atoms with E-state index in [9.17, 15) is 14.4 Å². The second kappa shape index (κ2) is 47.7. The molecule has 1 aromatic heterocycles. The molecule has 60 heavy (non-hydrogen) atoms. The van der Waals surface area contributed by atoms with E-state index in [1.165, 1.54) is 145 Å². The van der Waals surface area contributed by atoms with Crippen LogP contribution in [0.5, 0.6) is 0 Å². The van der Waals surface area contributed by atoms with Crippen molar-refractivity contribution in [1.29, 1.82) is 0 Å². The largest absolute Gasteiger partial charge is 0.462 e. The molecule has 0 saturated carbocycles. The minimum Gasteiger partial charge on any atom is -0.462 e. The number of hydrogen-bond acceptors (Lipinski definition) is 7. The smallest absolute Gasteiger partial charge is 0.339 e. The summed E-state index contributed by atoms with van der Waals surface area (Å²) in [7, 11) is 6.17. The highest BCUT2D eigenvalue weighted by Gasteiger charge is 2.25. The van der Waals surface area contributed by atoms with Crippen LogP contribution in [0.4, 0.5) is 0 Å². The van der Waals surface area contributed by atoms with Crippen molar-refractivity contribution in [2.45, 2.75) is 221 Å². The summed E-state index contributed by atoms with van der Waals surface area (Å²) in [4.78, 5) is 39.4. The van der Waals surface area contributed by atoms with Crippen molar-refractivity contribution in [3.63, 3.8) is 0 Å². The monoisotopic (exact) mass is 857 g/mol. The molecule has 7 heteroatoms. The molecule has 0 bridgehead atoms. The number of ether oxygens (including phenoxy) is 1. The predicted octanol–water partition coefficient (Wildman–Crippen LogP) is 15.4. The molecule has 0 amide bonds. The summed E-state index contributed by atoms with van der Waals surface area (Å²) in [5, 5.41) is 0. The van der Waals surface area contributed by atoms with Crippen molar-refractivity contribution in [2.75, 3.05) is 40.8 Å². The number of esters is 1. The number of hydrogen-bond donors (Lipinski definition) is 0. The van der Waals surface area contributed by atoms with Crippen LogP contribution in [0.1, 0.15) is 227 Å². The number of aryl methyl sites for hydroxylation is 1. The molecule has 0 atom stereocenters. The van der Waals surface area contributed by atoms with Gasteiger partial charge in [0.2, 0.25) is 0 Å². The van der Waals surface area contributed by atoms with Crippen molar-refractivity contribution in [3.8, 4) is 0 Å². The molecule has 0 aromatic carbocycles. The van der Waals surface area contributed by atoms with E-state index in [4.69, 9.17) is 4.74 Å². The van der Waals surface area contributed by atoms with E-state index < -0.39 is 0 Å². The van der Waals surface area contributed by atoms with Crippen LogP contribution in [-0.2, 0) is 27.3 Å². The third kappa shape index (κ3) is 38.6. The van der Waals surface area contributed by atoms with Gasteiger partial charge in [0, 0.05) is 42.2 Å². The van der Waals surface area contributed by atoms with Crippen LogP contribution in [-0.4, -0.2) is 69.2 Å². The fourth-order valence-corrected chi connectivity index (χ4v) is 8.18. The molecule has 0 unspecified atom stereocenters. The molecule has 0 fully saturated rings. The molecular formula is C53H96N2O4S. The lowest BCUT2D eigenvalue weighted by Crippen LogP contribution is -2.26. The van der Waals surface area contributed by atoms with Crippen molar-refractivity contribution in [2.24, 2.45) is 0 Å². The van der Waals surface area contributed by atoms with Crippen LogP contribution in [0, 0.1) is 6.92 Å². The fourth-order valence-electron chi connectivity index (χ4n) is 6.89. The Bertz CT molecular complexity index is 1190. The number of allylic oxidation sites excluding steroid dienone is 6. The zero-order chi connectivity index (χ0) is 44.7. The Hall–Kier alpha value is -2.35. The van der Waals surface area contributed by atoms with Crippen LogP contribution >= 0.6 is 11.3 Å². The first kappa shape index (κ1) is 59.7. The summed E-state index contributed by atoms with van der Waals surface area (Å²) in [5.74, 6) is -0.136. The highest BCUT2D eigenvalue weighted by atomic mass is 32.1. The van der Waals surface area contributed by atoms with Crippen LogP contribution < -0.4 is 0 Å². The van der Waals surface area contributed by atoms with Crippen LogP contribution in [0.2, 0.25) is 0 Å². The SMILES string of the molecule is CC.CCCCC/C=C\C/C=C\CCCCCCCC=O.CCCCCCCC/C=C\CCCCCCCC=O.Cc1sc2c(c1C(=O)OCCCN(C)C)CCN(C)C2. The second-order valence-electron chi connectivity index (χ2n) is 16.4. The summed E-state index contributed by atoms with van der Waals surface area (Å²) in [6.07, 6.45) is 50.1. The summed E-state index contributed by atoms with van der Waals surface area (Å²) < 4.78 is 5.44. The van der Waals surface area contributed by atoms with Gasteiger partial charge in [0.25, 0.3) is 0 Å². The minimum atomic E-state index is -0.136. The van der Waals surface area contributed by atoms with Gasteiger partial charge in [-0.3, -0.25) is 0 Å². The van der Waals surface area contributed by atoms with E-state index in [2.05, 4.69) is 67.2 Å². The number of unbranched alkanes of at least 4 members (excludes halogenated alkanes) is 21. The molecule has 348 valence electrons. The Balaban J connectivity index is 0. The van der Waals surface area contributed by atoms with Crippen LogP contribution in [0.15, 0.2) is 36.5 Å². The fraction of sp³-hybridized carbons (Fsp3) is 0.755. The van der Waals surface area contributed by atoms with Gasteiger partial charge >= 0.3 is 5.97 Å². The van der Waals surface area contributed by atoms with Gasteiger partial charge < -0.3 is 24.1 Å². The van der Waals surface area contributed by atoms with Crippen LogP contribution in [0.3, 0.4) is 0 Å². The van der Waals surface area contributed by atoms with Gasteiger partial charge in [-0.1, -0.05) is 148 Å². The van der Waals surface area contributed by atoms with Gasteiger partial charge in [0.05, 0.1) is 12.2 Å². The number of nitrogens with zero attached hydrogens (tertiary/aromatic N) is 2. The van der Waals surface area contributed by atoms with Gasteiger partial charge in [-0.05, 0) is 117 Å². The zero-order valence-electron chi connectivity index (χ0n) is 40.7. The number of rotatable bonds is 34. The van der Waals surface area contributed by atoms with E-state index in [-0.39, 0.29) is 5.97 Å². The molecule has 0 radical (unpaired) electrons. The first-order chi connectivity index (χ1) is 29.3. The Labute approximate surface area is 376 Å². The van der Waals surface area contributed by atoms with E-state index in [1.807, 2.05) is 34.9 Å². The molecule has 2 heterocycles. The average Bonchev–Trinajstić information content (AvgIpc) is 3.58. The molecule has 0 spiro atoms. The Kier molecular flexibility index (Phi) is 47.5. The van der Waals surface area contributed by atoms with E-state index in [1.54, 1.807) is 11.3 Å². The number of aldehydes is 2. The summed E-state index contributed by atoms with van der Waals surface area (Å²) in [5.41, 5.74) is 2.06. The number of carbonyl (C=O) groups excluding carboxylic acids is 3. The number of thiophene rings is 1. The number of carbonyl (C=O) groups is 3. The van der Waals surface area contributed by atoms with Gasteiger partial charge in [0.15, 0.2) is 0 Å². The number of fused-ring (bicyclic) bond motifs is 1. The average molecular weight is 857 g/mol. The quantitative estimate of drug-likeness (QED) is 0.0298. The molecule has 0 N–H and O–H groups in total. The van der Waals surface area contributed by atoms with Gasteiger partial charge in [0.1, 0.15) is 12.6 Å². The van der Waals surface area contributed by atoms with Crippen molar-refractivity contribution in [1.82, 2.24) is 9.80 Å². The van der Waals surface area contributed by atoms with Crippen molar-refractivity contribution >= 4 is 29.9 Å². The first-order valence-electron chi connectivity index (χ1n) is 24.8. The van der Waals surface area contributed by atoms with Gasteiger partial charge in [-0.15, -0.1) is 11.3 Å². The lowest BCUT2D eigenvalue weighted by molar-refractivity contribution is -0.108. The molecule has 1 aliphatic rings. The Morgan fingerprint density at radius 2 is 1.05 bits per heavy atom. The van der Waals surface area contributed by atoms with Crippen molar-refractivity contribution < 1.29 is 19.1 Å². The highest BCUT2D eigenvalue weighted by molar-refractivity contribution is 7.12. The Morgan fingerprint density at radius 3 is 1.52 bits per heavy atom. The molecule has 6 nitrogen and oxygen atoms in total. The first-order valence-corrected chi connectivity index (χ1v) is 25.6. The second-order valence-corrected chi connectivity index (χ2v) is 17.8. The van der Waals surface area contributed by atoms with E-state index >= 15 is 0 Å². The molecule has 0 aliphatic carbocycles. The number of likely N-dealkylation sites (N-methyl/N-ethyl adjacent to an activating group) is 1. The predicted molar refractivity (Wildman–Crippen MR) is 265 cm³/mol. The topological polar surface area (TPSA) is 66.9 Å². The maximum absolute atomic E-state index is 12.3. The molecular weight excluding hydrogens is 761 g/mol. The maximum atomic E-state index is 12.3. The molecule has 0 saturated heterocycles. The van der Waals surface area contributed by atoms with E-state index in [0.29, 0.717) is 6.61 Å². The third-order valence-corrected chi connectivity index (χ3v) is 11.6. The normalized spacial score (nSPS) is 12.5. The van der Waals surface area contributed by atoms with Crippen LogP contribution in [0.25, 0.3) is 0 Å². The van der Waals surface area contributed by atoms with Crippen molar-refractivity contribution in [3.05, 3.63) is 57.3 Å². The highest BCUT2D eigenvalue weighted by Crippen LogP contribution is 2.32.